The Morgan fingerprint density at radius 3 is 2.58 bits per heavy atom. The topological polar surface area (TPSA) is 82.0 Å². The molecule has 1 heterocycles. The van der Waals surface area contributed by atoms with Crippen LogP contribution in [0.15, 0.2) is 53.6 Å². The predicted octanol–water partition coefficient (Wildman–Crippen LogP) is 2.28. The quantitative estimate of drug-likeness (QED) is 0.669. The zero-order valence-electron chi connectivity index (χ0n) is 13.0. The highest BCUT2D eigenvalue weighted by molar-refractivity contribution is 5.98. The summed E-state index contributed by atoms with van der Waals surface area (Å²) in [7, 11) is 0. The summed E-state index contributed by atoms with van der Waals surface area (Å²) in [4.78, 5) is 25.5. The van der Waals surface area contributed by atoms with Crippen LogP contribution >= 0.6 is 0 Å². The minimum atomic E-state index is -0.360. The minimum absolute atomic E-state index is 0.0927. The van der Waals surface area contributed by atoms with E-state index in [0.717, 1.165) is 18.7 Å². The lowest BCUT2D eigenvalue weighted by Gasteiger charge is -2.15. The number of anilines is 1. The fourth-order valence-corrected chi connectivity index (χ4v) is 2.54. The number of carbonyl (C=O) groups excluding carboxylic acids is 2. The van der Waals surface area contributed by atoms with Crippen LogP contribution in [0.1, 0.15) is 28.8 Å². The molecule has 3 rings (SSSR count). The molecule has 122 valence electrons. The van der Waals surface area contributed by atoms with Gasteiger partial charge in [0, 0.05) is 29.8 Å². The number of phenols is 1. The summed E-state index contributed by atoms with van der Waals surface area (Å²) in [6, 6.07) is 13.5. The molecule has 6 nitrogen and oxygen atoms in total. The highest BCUT2D eigenvalue weighted by Gasteiger charge is 2.21. The van der Waals surface area contributed by atoms with Gasteiger partial charge in [-0.25, -0.2) is 5.43 Å². The average Bonchev–Trinajstić information content (AvgIpc) is 3.03. The molecule has 24 heavy (non-hydrogen) atoms. The second kappa shape index (κ2) is 6.95. The van der Waals surface area contributed by atoms with Crippen molar-refractivity contribution in [2.75, 3.05) is 11.4 Å². The maximum absolute atomic E-state index is 12.0. The van der Waals surface area contributed by atoms with Crippen molar-refractivity contribution in [2.45, 2.75) is 12.8 Å². The van der Waals surface area contributed by atoms with E-state index in [2.05, 4.69) is 10.5 Å². The van der Waals surface area contributed by atoms with Gasteiger partial charge < -0.3 is 10.0 Å². The summed E-state index contributed by atoms with van der Waals surface area (Å²) in [5.74, 6) is -0.157. The Balaban J connectivity index is 1.63. The minimum Gasteiger partial charge on any atom is -0.507 e. The molecule has 1 aliphatic heterocycles. The molecule has 0 atom stereocenters. The molecule has 0 aliphatic carbocycles. The second-order valence-electron chi connectivity index (χ2n) is 5.45. The molecule has 1 aliphatic rings. The number of rotatable bonds is 4. The highest BCUT2D eigenvalue weighted by atomic mass is 16.3. The smallest absolute Gasteiger partial charge is 0.271 e. The van der Waals surface area contributed by atoms with Crippen LogP contribution in [0.4, 0.5) is 5.69 Å². The normalized spacial score (nSPS) is 14.3. The number of benzene rings is 2. The largest absolute Gasteiger partial charge is 0.507 e. The van der Waals surface area contributed by atoms with E-state index in [1.165, 1.54) is 6.21 Å². The van der Waals surface area contributed by atoms with E-state index >= 15 is 0 Å². The number of hydrogen-bond acceptors (Lipinski definition) is 4. The molecular weight excluding hydrogens is 306 g/mol. The highest BCUT2D eigenvalue weighted by Crippen LogP contribution is 2.21. The van der Waals surface area contributed by atoms with Crippen LogP contribution < -0.4 is 10.3 Å². The van der Waals surface area contributed by atoms with Gasteiger partial charge in [0.2, 0.25) is 5.91 Å². The van der Waals surface area contributed by atoms with Gasteiger partial charge in [-0.15, -0.1) is 0 Å². The van der Waals surface area contributed by atoms with Gasteiger partial charge in [-0.05, 0) is 42.8 Å². The third-order valence-electron chi connectivity index (χ3n) is 3.82. The Kier molecular flexibility index (Phi) is 4.56. The lowest BCUT2D eigenvalue weighted by molar-refractivity contribution is -0.117. The van der Waals surface area contributed by atoms with Gasteiger partial charge in [0.15, 0.2) is 0 Å². The lowest BCUT2D eigenvalue weighted by Crippen LogP contribution is -2.24. The Morgan fingerprint density at radius 1 is 1.17 bits per heavy atom. The predicted molar refractivity (Wildman–Crippen MR) is 91.2 cm³/mol. The fourth-order valence-electron chi connectivity index (χ4n) is 2.54. The first-order valence-electron chi connectivity index (χ1n) is 7.67. The van der Waals surface area contributed by atoms with Crippen molar-refractivity contribution in [2.24, 2.45) is 5.10 Å². The van der Waals surface area contributed by atoms with Gasteiger partial charge in [-0.3, -0.25) is 9.59 Å². The van der Waals surface area contributed by atoms with Crippen molar-refractivity contribution in [1.82, 2.24) is 5.43 Å². The maximum Gasteiger partial charge on any atom is 0.271 e. The molecular formula is C18H17N3O3. The number of carbonyl (C=O) groups is 2. The first kappa shape index (κ1) is 15.7. The van der Waals surface area contributed by atoms with E-state index < -0.39 is 0 Å². The monoisotopic (exact) mass is 323 g/mol. The van der Waals surface area contributed by atoms with Crippen molar-refractivity contribution in [3.05, 3.63) is 59.7 Å². The van der Waals surface area contributed by atoms with E-state index in [1.807, 2.05) is 0 Å². The van der Waals surface area contributed by atoms with E-state index in [0.29, 0.717) is 17.5 Å². The first-order valence-corrected chi connectivity index (χ1v) is 7.67. The number of nitrogens with one attached hydrogen (secondary N) is 1. The van der Waals surface area contributed by atoms with Gasteiger partial charge in [0.1, 0.15) is 5.75 Å². The number of amides is 2. The van der Waals surface area contributed by atoms with Crippen LogP contribution in [0.3, 0.4) is 0 Å². The van der Waals surface area contributed by atoms with Gasteiger partial charge in [0.05, 0.1) is 6.21 Å². The van der Waals surface area contributed by atoms with Crippen molar-refractivity contribution < 1.29 is 14.7 Å². The number of hydrazone groups is 1. The SMILES string of the molecule is O=C(N/N=C/c1ccccc1O)c1ccc(N2CCCC2=O)cc1. The number of para-hydroxylation sites is 1. The van der Waals surface area contributed by atoms with Crippen LogP contribution in [-0.2, 0) is 4.79 Å². The molecule has 2 aromatic carbocycles. The van der Waals surface area contributed by atoms with Gasteiger partial charge in [-0.2, -0.15) is 5.10 Å². The lowest BCUT2D eigenvalue weighted by atomic mass is 10.2. The molecule has 2 amide bonds. The Bertz CT molecular complexity index is 784. The van der Waals surface area contributed by atoms with Gasteiger partial charge in [0.25, 0.3) is 5.91 Å². The summed E-state index contributed by atoms with van der Waals surface area (Å²) < 4.78 is 0. The van der Waals surface area contributed by atoms with Crippen LogP contribution in [-0.4, -0.2) is 29.7 Å². The molecule has 0 radical (unpaired) electrons. The Hall–Kier alpha value is -3.15. The van der Waals surface area contributed by atoms with E-state index in [-0.39, 0.29) is 17.6 Å². The molecule has 0 saturated carbocycles. The van der Waals surface area contributed by atoms with E-state index in [4.69, 9.17) is 0 Å². The standard InChI is InChI=1S/C18H17N3O3/c22-16-5-2-1-4-14(16)12-19-20-18(24)13-7-9-15(10-8-13)21-11-3-6-17(21)23/h1-2,4-5,7-10,12,22H,3,6,11H2,(H,20,24)/b19-12+. The summed E-state index contributed by atoms with van der Waals surface area (Å²) in [6.45, 7) is 0.717. The number of aromatic hydroxyl groups is 1. The molecule has 2 aromatic rings. The molecule has 1 fully saturated rings. The molecule has 6 heteroatoms. The molecule has 0 unspecified atom stereocenters. The van der Waals surface area contributed by atoms with Crippen molar-refractivity contribution >= 4 is 23.7 Å². The van der Waals surface area contributed by atoms with Crippen molar-refractivity contribution in [1.29, 1.82) is 0 Å². The van der Waals surface area contributed by atoms with Crippen molar-refractivity contribution in [3.63, 3.8) is 0 Å². The van der Waals surface area contributed by atoms with Crippen LogP contribution in [0, 0.1) is 0 Å². The third kappa shape index (κ3) is 3.43. The fraction of sp³-hybridized carbons (Fsp3) is 0.167. The zero-order valence-corrected chi connectivity index (χ0v) is 13.0. The van der Waals surface area contributed by atoms with Gasteiger partial charge >= 0.3 is 0 Å². The summed E-state index contributed by atoms with van der Waals surface area (Å²) in [5.41, 5.74) is 4.17. The van der Waals surface area contributed by atoms with Gasteiger partial charge in [-0.1, -0.05) is 12.1 Å². The maximum atomic E-state index is 12.0. The molecule has 0 spiro atoms. The van der Waals surface area contributed by atoms with Crippen LogP contribution in [0.5, 0.6) is 5.75 Å². The molecule has 2 N–H and O–H groups in total. The van der Waals surface area contributed by atoms with Crippen LogP contribution in [0.2, 0.25) is 0 Å². The second-order valence-corrected chi connectivity index (χ2v) is 5.45. The third-order valence-corrected chi connectivity index (χ3v) is 3.82. The Labute approximate surface area is 139 Å². The summed E-state index contributed by atoms with van der Waals surface area (Å²) >= 11 is 0. The molecule has 1 saturated heterocycles. The first-order chi connectivity index (χ1) is 11.6. The zero-order chi connectivity index (χ0) is 16.9. The summed E-state index contributed by atoms with van der Waals surface area (Å²) in [6.07, 6.45) is 2.82. The van der Waals surface area contributed by atoms with Crippen molar-refractivity contribution in [3.8, 4) is 5.75 Å². The number of nitrogens with zero attached hydrogens (tertiary/aromatic N) is 2. The van der Waals surface area contributed by atoms with E-state index in [9.17, 15) is 14.7 Å². The Morgan fingerprint density at radius 2 is 1.92 bits per heavy atom. The van der Waals surface area contributed by atoms with E-state index in [1.54, 1.807) is 53.4 Å². The average molecular weight is 323 g/mol. The molecule has 0 aromatic heterocycles. The molecule has 0 bridgehead atoms. The summed E-state index contributed by atoms with van der Waals surface area (Å²) in [5, 5.41) is 13.5. The number of phenolic OH excluding ortho intramolecular Hbond substituents is 1. The van der Waals surface area contributed by atoms with Crippen LogP contribution in [0.25, 0.3) is 0 Å². The number of hydrogen-bond donors (Lipinski definition) is 2.